The molecule has 21 heavy (non-hydrogen) atoms. The van der Waals surface area contributed by atoms with Gasteiger partial charge in [-0.05, 0) is 31.2 Å². The second kappa shape index (κ2) is 6.53. The van der Waals surface area contributed by atoms with Gasteiger partial charge in [0.2, 0.25) is 0 Å². The number of alkyl halides is 2. The summed E-state index contributed by atoms with van der Waals surface area (Å²) < 4.78 is 24.9. The predicted molar refractivity (Wildman–Crippen MR) is 78.1 cm³/mol. The number of thioether (sulfide) groups is 1. The predicted octanol–water partition coefficient (Wildman–Crippen LogP) is 3.25. The number of carbonyl (C=O) groups excluding carboxylic acids is 1. The summed E-state index contributed by atoms with van der Waals surface area (Å²) in [5.74, 6) is -3.23. The van der Waals surface area contributed by atoms with Crippen molar-refractivity contribution in [3.8, 4) is 0 Å². The summed E-state index contributed by atoms with van der Waals surface area (Å²) in [7, 11) is 0. The monoisotopic (exact) mass is 310 g/mol. The number of aryl methyl sites for hydroxylation is 1. The first-order valence-corrected chi connectivity index (χ1v) is 6.90. The van der Waals surface area contributed by atoms with Crippen LogP contribution in [0.15, 0.2) is 46.1 Å². The number of anilines is 1. The van der Waals surface area contributed by atoms with Crippen molar-refractivity contribution in [2.24, 2.45) is 0 Å². The Morgan fingerprint density at radius 1 is 1.24 bits per heavy atom. The maximum absolute atomic E-state index is 12.5. The Morgan fingerprint density at radius 3 is 2.62 bits per heavy atom. The van der Waals surface area contributed by atoms with Crippen LogP contribution < -0.4 is 10.9 Å². The molecular formula is C14H12F2N2O2S. The third kappa shape index (κ3) is 3.91. The molecule has 4 nitrogen and oxygen atoms in total. The molecule has 0 atom stereocenters. The van der Waals surface area contributed by atoms with Gasteiger partial charge in [-0.1, -0.05) is 23.9 Å². The molecule has 0 aliphatic heterocycles. The number of aromatic amines is 1. The number of rotatable bonds is 4. The average molecular weight is 310 g/mol. The fraction of sp³-hybridized carbons (Fsp3) is 0.143. The summed E-state index contributed by atoms with van der Waals surface area (Å²) >= 11 is 0.335. The number of aromatic nitrogens is 1. The smallest absolute Gasteiger partial charge is 0.288 e. The van der Waals surface area contributed by atoms with Crippen molar-refractivity contribution in [3.63, 3.8) is 0 Å². The standard InChI is InChI=1S/C14H12F2N2O2S/c1-8-6-7-9(12(19)17-8)13(20)18-10-4-2-3-5-11(10)21-14(15)16/h2-7,14H,1H3,(H,17,19)(H,18,20). The lowest BCUT2D eigenvalue weighted by Gasteiger charge is -2.10. The molecule has 1 amide bonds. The minimum absolute atomic E-state index is 0.0718. The van der Waals surface area contributed by atoms with Crippen LogP contribution >= 0.6 is 11.8 Å². The van der Waals surface area contributed by atoms with Crippen LogP contribution in [0.5, 0.6) is 0 Å². The Hall–Kier alpha value is -2.15. The van der Waals surface area contributed by atoms with Crippen LogP contribution in [-0.4, -0.2) is 16.6 Å². The van der Waals surface area contributed by atoms with Crippen LogP contribution in [0.2, 0.25) is 0 Å². The zero-order valence-electron chi connectivity index (χ0n) is 11.0. The van der Waals surface area contributed by atoms with E-state index in [2.05, 4.69) is 10.3 Å². The van der Waals surface area contributed by atoms with Gasteiger partial charge in [-0.2, -0.15) is 8.78 Å². The number of hydrogen-bond donors (Lipinski definition) is 2. The van der Waals surface area contributed by atoms with E-state index in [1.165, 1.54) is 18.2 Å². The SMILES string of the molecule is Cc1ccc(C(=O)Nc2ccccc2SC(F)F)c(=O)[nH]1. The lowest BCUT2D eigenvalue weighted by atomic mass is 10.2. The molecule has 1 aromatic carbocycles. The highest BCUT2D eigenvalue weighted by Gasteiger charge is 2.14. The van der Waals surface area contributed by atoms with Gasteiger partial charge in [0.25, 0.3) is 17.2 Å². The number of pyridine rings is 1. The summed E-state index contributed by atoms with van der Waals surface area (Å²) in [6.07, 6.45) is 0. The first-order valence-electron chi connectivity index (χ1n) is 6.02. The second-order valence-corrected chi connectivity index (χ2v) is 5.24. The van der Waals surface area contributed by atoms with E-state index in [4.69, 9.17) is 0 Å². The number of benzene rings is 1. The van der Waals surface area contributed by atoms with E-state index in [1.54, 1.807) is 25.1 Å². The molecule has 0 saturated carbocycles. The summed E-state index contributed by atoms with van der Waals surface area (Å²) in [4.78, 5) is 26.5. The van der Waals surface area contributed by atoms with Crippen LogP contribution in [0.4, 0.5) is 14.5 Å². The lowest BCUT2D eigenvalue weighted by molar-refractivity contribution is 0.102. The number of hydrogen-bond acceptors (Lipinski definition) is 3. The third-order valence-corrected chi connectivity index (χ3v) is 3.44. The van der Waals surface area contributed by atoms with Gasteiger partial charge in [-0.25, -0.2) is 0 Å². The van der Waals surface area contributed by atoms with Crippen molar-refractivity contribution in [1.29, 1.82) is 0 Å². The number of H-pyrrole nitrogens is 1. The first kappa shape index (κ1) is 15.2. The van der Waals surface area contributed by atoms with Crippen LogP contribution in [0, 0.1) is 6.92 Å². The van der Waals surface area contributed by atoms with Gasteiger partial charge in [-0.3, -0.25) is 9.59 Å². The Morgan fingerprint density at radius 2 is 1.95 bits per heavy atom. The lowest BCUT2D eigenvalue weighted by Crippen LogP contribution is -2.23. The van der Waals surface area contributed by atoms with Crippen molar-refractivity contribution < 1.29 is 13.6 Å². The van der Waals surface area contributed by atoms with Crippen molar-refractivity contribution in [1.82, 2.24) is 4.98 Å². The molecule has 7 heteroatoms. The van der Waals surface area contributed by atoms with Crippen LogP contribution in [0.3, 0.4) is 0 Å². The van der Waals surface area contributed by atoms with Crippen molar-refractivity contribution in [3.05, 3.63) is 58.0 Å². The van der Waals surface area contributed by atoms with Gasteiger partial charge in [0.15, 0.2) is 0 Å². The normalized spacial score (nSPS) is 10.7. The van der Waals surface area contributed by atoms with Crippen LogP contribution in [0.25, 0.3) is 0 Å². The van der Waals surface area contributed by atoms with E-state index in [0.29, 0.717) is 17.5 Å². The van der Waals surface area contributed by atoms with E-state index >= 15 is 0 Å². The van der Waals surface area contributed by atoms with Gasteiger partial charge in [0.05, 0.1) is 5.69 Å². The number of amides is 1. The molecule has 0 spiro atoms. The average Bonchev–Trinajstić information content (AvgIpc) is 2.40. The number of nitrogens with one attached hydrogen (secondary N) is 2. The molecule has 0 bridgehead atoms. The number of halogens is 2. The Labute approximate surface area is 123 Å². The maximum atomic E-state index is 12.5. The second-order valence-electron chi connectivity index (χ2n) is 4.21. The van der Waals surface area contributed by atoms with Crippen LogP contribution in [0.1, 0.15) is 16.1 Å². The first-order chi connectivity index (χ1) is 9.97. The number of para-hydroxylation sites is 1. The Balaban J connectivity index is 2.25. The molecule has 0 radical (unpaired) electrons. The minimum atomic E-state index is -2.59. The molecule has 2 rings (SSSR count). The third-order valence-electron chi connectivity index (χ3n) is 2.65. The Kier molecular flexibility index (Phi) is 4.74. The van der Waals surface area contributed by atoms with E-state index < -0.39 is 17.2 Å². The molecule has 0 unspecified atom stereocenters. The highest BCUT2D eigenvalue weighted by molar-refractivity contribution is 7.99. The van der Waals surface area contributed by atoms with Crippen molar-refractivity contribution in [2.45, 2.75) is 17.6 Å². The largest absolute Gasteiger partial charge is 0.326 e. The van der Waals surface area contributed by atoms with E-state index in [9.17, 15) is 18.4 Å². The topological polar surface area (TPSA) is 62.0 Å². The molecule has 0 saturated heterocycles. The molecule has 0 aliphatic carbocycles. The summed E-state index contributed by atoms with van der Waals surface area (Å²) in [5, 5.41) is 2.48. The van der Waals surface area contributed by atoms with Gasteiger partial charge >= 0.3 is 0 Å². The quantitative estimate of drug-likeness (QED) is 0.852. The van der Waals surface area contributed by atoms with Gasteiger partial charge in [0, 0.05) is 10.6 Å². The van der Waals surface area contributed by atoms with Gasteiger partial charge in [0.1, 0.15) is 5.56 Å². The molecular weight excluding hydrogens is 298 g/mol. The van der Waals surface area contributed by atoms with Crippen molar-refractivity contribution >= 4 is 23.4 Å². The van der Waals surface area contributed by atoms with E-state index in [-0.39, 0.29) is 16.1 Å². The van der Waals surface area contributed by atoms with Gasteiger partial charge in [-0.15, -0.1) is 0 Å². The van der Waals surface area contributed by atoms with E-state index in [1.807, 2.05) is 0 Å². The summed E-state index contributed by atoms with van der Waals surface area (Å²) in [6, 6.07) is 9.18. The molecule has 2 aromatic rings. The Bertz CT molecular complexity index is 716. The zero-order valence-corrected chi connectivity index (χ0v) is 11.8. The molecule has 110 valence electrons. The highest BCUT2D eigenvalue weighted by atomic mass is 32.2. The fourth-order valence-corrected chi connectivity index (χ4v) is 2.30. The van der Waals surface area contributed by atoms with Gasteiger partial charge < -0.3 is 10.3 Å². The molecule has 2 N–H and O–H groups in total. The molecule has 1 heterocycles. The summed E-state index contributed by atoms with van der Waals surface area (Å²) in [6.45, 7) is 1.69. The maximum Gasteiger partial charge on any atom is 0.288 e. The summed E-state index contributed by atoms with van der Waals surface area (Å²) in [5.41, 5.74) is 0.280. The zero-order chi connectivity index (χ0) is 15.4. The van der Waals surface area contributed by atoms with Crippen LogP contribution in [-0.2, 0) is 0 Å². The fourth-order valence-electron chi connectivity index (χ4n) is 1.71. The molecule has 1 aromatic heterocycles. The highest BCUT2D eigenvalue weighted by Crippen LogP contribution is 2.31. The molecule has 0 fully saturated rings. The van der Waals surface area contributed by atoms with Crippen molar-refractivity contribution in [2.75, 3.05) is 5.32 Å². The number of carbonyl (C=O) groups is 1. The van der Waals surface area contributed by atoms with E-state index in [0.717, 1.165) is 0 Å². The minimum Gasteiger partial charge on any atom is -0.326 e. The molecule has 0 aliphatic rings.